The summed E-state index contributed by atoms with van der Waals surface area (Å²) < 4.78 is 2.82. The van der Waals surface area contributed by atoms with Crippen LogP contribution in [0.2, 0.25) is 5.02 Å². The second-order valence-electron chi connectivity index (χ2n) is 3.89. The van der Waals surface area contributed by atoms with E-state index >= 15 is 0 Å². The molecule has 0 spiro atoms. The molecule has 0 saturated carbocycles. The molecule has 1 aromatic heterocycles. The molecule has 0 aliphatic rings. The number of nitrogens with zero attached hydrogens (tertiary/aromatic N) is 2. The Labute approximate surface area is 119 Å². The van der Waals surface area contributed by atoms with E-state index in [0.29, 0.717) is 5.02 Å². The van der Waals surface area contributed by atoms with Crippen molar-refractivity contribution in [2.75, 3.05) is 0 Å². The zero-order valence-electron chi connectivity index (χ0n) is 9.90. The molecule has 0 amide bonds. The maximum Gasteiger partial charge on any atom is 0.0752 e. The molecule has 2 rings (SSSR count). The van der Waals surface area contributed by atoms with Crippen LogP contribution in [-0.4, -0.2) is 9.78 Å². The predicted octanol–water partition coefficient (Wildman–Crippen LogP) is 2.87. The molecule has 4 nitrogen and oxygen atoms in total. The van der Waals surface area contributed by atoms with E-state index in [0.717, 1.165) is 22.1 Å². The van der Waals surface area contributed by atoms with Gasteiger partial charge in [-0.05, 0) is 30.7 Å². The maximum atomic E-state index is 6.03. The van der Waals surface area contributed by atoms with Gasteiger partial charge in [0.2, 0.25) is 0 Å². The number of halogens is 2. The predicted molar refractivity (Wildman–Crippen MR) is 76.2 cm³/mol. The van der Waals surface area contributed by atoms with Gasteiger partial charge in [-0.2, -0.15) is 5.10 Å². The van der Waals surface area contributed by atoms with Gasteiger partial charge >= 0.3 is 0 Å². The van der Waals surface area contributed by atoms with E-state index < -0.39 is 0 Å². The minimum Gasteiger partial charge on any atom is -0.273 e. The van der Waals surface area contributed by atoms with Crippen LogP contribution in [0.1, 0.15) is 24.1 Å². The second kappa shape index (κ2) is 5.84. The fraction of sp³-hybridized carbons (Fsp3) is 0.250. The lowest BCUT2D eigenvalue weighted by atomic mass is 10.0. The Hall–Kier alpha value is -0.880. The SMILES string of the molecule is CCn1cc(C(NN)c2cc(Cl)ccc2Br)cn1. The number of benzene rings is 1. The average Bonchev–Trinajstić information content (AvgIpc) is 2.83. The summed E-state index contributed by atoms with van der Waals surface area (Å²) in [6.07, 6.45) is 3.78. The third-order valence-corrected chi connectivity index (χ3v) is 3.70. The van der Waals surface area contributed by atoms with Crippen LogP contribution < -0.4 is 11.3 Å². The number of hydrogen-bond acceptors (Lipinski definition) is 3. The third-order valence-electron chi connectivity index (χ3n) is 2.75. The molecular formula is C12H14BrClN4. The number of rotatable bonds is 4. The molecule has 1 unspecified atom stereocenters. The van der Waals surface area contributed by atoms with Crippen LogP contribution in [0, 0.1) is 0 Å². The highest BCUT2D eigenvalue weighted by Gasteiger charge is 2.17. The van der Waals surface area contributed by atoms with Gasteiger partial charge in [0, 0.05) is 27.8 Å². The van der Waals surface area contributed by atoms with Crippen LogP contribution in [0.25, 0.3) is 0 Å². The molecule has 0 aliphatic heterocycles. The highest BCUT2D eigenvalue weighted by atomic mass is 79.9. The summed E-state index contributed by atoms with van der Waals surface area (Å²) in [6, 6.07) is 5.49. The van der Waals surface area contributed by atoms with E-state index in [1.165, 1.54) is 0 Å². The molecule has 6 heteroatoms. The number of aromatic nitrogens is 2. The Morgan fingerprint density at radius 1 is 1.56 bits per heavy atom. The van der Waals surface area contributed by atoms with Gasteiger partial charge in [-0.15, -0.1) is 0 Å². The standard InChI is InChI=1S/C12H14BrClN4/c1-2-18-7-8(6-16-18)12(17-15)10-5-9(14)3-4-11(10)13/h3-7,12,17H,2,15H2,1H3. The molecule has 96 valence electrons. The largest absolute Gasteiger partial charge is 0.273 e. The molecule has 3 N–H and O–H groups in total. The fourth-order valence-electron chi connectivity index (χ4n) is 1.80. The summed E-state index contributed by atoms with van der Waals surface area (Å²) in [7, 11) is 0. The zero-order chi connectivity index (χ0) is 13.1. The number of nitrogens with one attached hydrogen (secondary N) is 1. The van der Waals surface area contributed by atoms with Crippen molar-refractivity contribution in [3.05, 3.63) is 51.2 Å². The molecule has 0 fully saturated rings. The highest BCUT2D eigenvalue weighted by Crippen LogP contribution is 2.30. The van der Waals surface area contributed by atoms with Crippen molar-refractivity contribution >= 4 is 27.5 Å². The van der Waals surface area contributed by atoms with E-state index in [4.69, 9.17) is 17.4 Å². The normalized spacial score (nSPS) is 12.7. The van der Waals surface area contributed by atoms with Crippen molar-refractivity contribution in [2.24, 2.45) is 5.84 Å². The Bertz CT molecular complexity index is 541. The smallest absolute Gasteiger partial charge is 0.0752 e. The molecule has 18 heavy (non-hydrogen) atoms. The van der Waals surface area contributed by atoms with E-state index in [1.54, 1.807) is 6.20 Å². The monoisotopic (exact) mass is 328 g/mol. The van der Waals surface area contributed by atoms with E-state index in [-0.39, 0.29) is 6.04 Å². The quantitative estimate of drug-likeness (QED) is 0.670. The molecule has 2 aromatic rings. The summed E-state index contributed by atoms with van der Waals surface area (Å²) in [6.45, 7) is 2.87. The van der Waals surface area contributed by atoms with Gasteiger partial charge in [-0.3, -0.25) is 10.5 Å². The first kappa shape index (κ1) is 13.5. The molecular weight excluding hydrogens is 316 g/mol. The Balaban J connectivity index is 2.41. The molecule has 1 atom stereocenters. The minimum atomic E-state index is -0.140. The Morgan fingerprint density at radius 2 is 2.33 bits per heavy atom. The van der Waals surface area contributed by atoms with Crippen LogP contribution in [-0.2, 0) is 6.54 Å². The summed E-state index contributed by atoms with van der Waals surface area (Å²) in [4.78, 5) is 0. The number of aryl methyl sites for hydroxylation is 1. The van der Waals surface area contributed by atoms with Crippen LogP contribution in [0.15, 0.2) is 35.1 Å². The Morgan fingerprint density at radius 3 is 2.94 bits per heavy atom. The van der Waals surface area contributed by atoms with Gasteiger partial charge < -0.3 is 0 Å². The molecule has 1 heterocycles. The molecule has 0 radical (unpaired) electrons. The highest BCUT2D eigenvalue weighted by molar-refractivity contribution is 9.10. The summed E-state index contributed by atoms with van der Waals surface area (Å²) in [5.41, 5.74) is 4.79. The number of nitrogens with two attached hydrogens (primary N) is 1. The second-order valence-corrected chi connectivity index (χ2v) is 5.19. The van der Waals surface area contributed by atoms with E-state index in [1.807, 2.05) is 36.0 Å². The molecule has 0 aliphatic carbocycles. The van der Waals surface area contributed by atoms with Gasteiger partial charge in [0.25, 0.3) is 0 Å². The summed E-state index contributed by atoms with van der Waals surface area (Å²) in [5.74, 6) is 5.66. The number of hydrogen-bond donors (Lipinski definition) is 2. The zero-order valence-corrected chi connectivity index (χ0v) is 12.2. The van der Waals surface area contributed by atoms with Crippen molar-refractivity contribution in [1.29, 1.82) is 0 Å². The topological polar surface area (TPSA) is 55.9 Å². The minimum absolute atomic E-state index is 0.140. The van der Waals surface area contributed by atoms with Gasteiger partial charge in [0.05, 0.1) is 12.2 Å². The lowest BCUT2D eigenvalue weighted by Crippen LogP contribution is -2.28. The van der Waals surface area contributed by atoms with Crippen molar-refractivity contribution < 1.29 is 0 Å². The van der Waals surface area contributed by atoms with Crippen LogP contribution in [0.4, 0.5) is 0 Å². The first-order valence-electron chi connectivity index (χ1n) is 5.59. The van der Waals surface area contributed by atoms with Gasteiger partial charge in [0.15, 0.2) is 0 Å². The van der Waals surface area contributed by atoms with Crippen molar-refractivity contribution in [3.63, 3.8) is 0 Å². The third kappa shape index (κ3) is 2.75. The van der Waals surface area contributed by atoms with Crippen LogP contribution in [0.3, 0.4) is 0 Å². The molecule has 0 bridgehead atoms. The van der Waals surface area contributed by atoms with Crippen LogP contribution >= 0.6 is 27.5 Å². The van der Waals surface area contributed by atoms with Crippen molar-refractivity contribution in [2.45, 2.75) is 19.5 Å². The summed E-state index contributed by atoms with van der Waals surface area (Å²) >= 11 is 9.54. The summed E-state index contributed by atoms with van der Waals surface area (Å²) in [5, 5.41) is 4.93. The van der Waals surface area contributed by atoms with Crippen molar-refractivity contribution in [1.82, 2.24) is 15.2 Å². The van der Waals surface area contributed by atoms with Crippen molar-refractivity contribution in [3.8, 4) is 0 Å². The van der Waals surface area contributed by atoms with E-state index in [2.05, 4.69) is 26.5 Å². The average molecular weight is 330 g/mol. The molecule has 1 aromatic carbocycles. The molecule has 0 saturated heterocycles. The first-order valence-corrected chi connectivity index (χ1v) is 6.76. The maximum absolute atomic E-state index is 6.03. The lowest BCUT2D eigenvalue weighted by Gasteiger charge is -2.16. The first-order chi connectivity index (χ1) is 8.65. The van der Waals surface area contributed by atoms with Gasteiger partial charge in [-0.1, -0.05) is 27.5 Å². The van der Waals surface area contributed by atoms with Gasteiger partial charge in [0.1, 0.15) is 0 Å². The lowest BCUT2D eigenvalue weighted by molar-refractivity contribution is 0.628. The number of hydrazine groups is 1. The fourth-order valence-corrected chi connectivity index (χ4v) is 2.46. The van der Waals surface area contributed by atoms with E-state index in [9.17, 15) is 0 Å². The Kier molecular flexibility index (Phi) is 4.40. The van der Waals surface area contributed by atoms with Crippen LogP contribution in [0.5, 0.6) is 0 Å². The van der Waals surface area contributed by atoms with Gasteiger partial charge in [-0.25, -0.2) is 5.43 Å².